The van der Waals surface area contributed by atoms with E-state index in [1.54, 1.807) is 0 Å². The van der Waals surface area contributed by atoms with Gasteiger partial charge in [-0.05, 0) is 154 Å². The van der Waals surface area contributed by atoms with Gasteiger partial charge in [0.05, 0.1) is 38.5 Å². The third-order valence-corrected chi connectivity index (χ3v) is 17.0. The SMILES string of the molecule is c1ccc(N(c2ccccc2)c2ccc3c(c2)C2(c4cc(-n5c6ccccc6c6ccccc65)ccc4-3)c3cc(-n4c5ccccc5c5ccccc54)ccc3-c3ccc(-n4c5ccccc5c5ccccc54)cc32)cc1. The Balaban J connectivity index is 1.02. The summed E-state index contributed by atoms with van der Waals surface area (Å²) in [4.78, 5) is 2.42. The molecule has 358 valence electrons. The number of nitrogens with zero attached hydrogens (tertiary/aromatic N) is 4. The third-order valence-electron chi connectivity index (χ3n) is 17.0. The lowest BCUT2D eigenvalue weighted by Gasteiger charge is -2.33. The molecule has 4 heteroatoms. The first-order chi connectivity index (χ1) is 38.2. The molecule has 0 bridgehead atoms. The average molecular weight is 979 g/mol. The minimum Gasteiger partial charge on any atom is -0.310 e. The molecule has 0 fully saturated rings. The van der Waals surface area contributed by atoms with E-state index in [-0.39, 0.29) is 0 Å². The topological polar surface area (TPSA) is 18.0 Å². The predicted octanol–water partition coefficient (Wildman–Crippen LogP) is 18.8. The van der Waals surface area contributed by atoms with Crippen molar-refractivity contribution < 1.29 is 0 Å². The van der Waals surface area contributed by atoms with E-state index in [0.29, 0.717) is 0 Å². The standard InChI is InChI=1S/C73H46N4/c1-3-19-47(20-4-1)74(48-21-5-2-6-22-48)49-35-39-53-54-40-36-50(75-67-29-13-7-23-57(67)58-24-8-14-30-68(58)75)44-64(54)73(63(53)43-49)65-45-51(76-69-31-15-9-25-59(69)60-26-10-16-32-70(60)76)37-41-55(65)56-42-38-52(46-66(56)73)77-71-33-17-11-27-61(71)62-28-12-18-34-72(62)77/h1-46H. The van der Waals surface area contributed by atoms with Crippen LogP contribution in [0.4, 0.5) is 17.1 Å². The molecule has 12 aromatic carbocycles. The number of hydrogen-bond donors (Lipinski definition) is 0. The summed E-state index contributed by atoms with van der Waals surface area (Å²) in [5.41, 5.74) is 23.1. The van der Waals surface area contributed by atoms with Gasteiger partial charge in [-0.1, -0.05) is 170 Å². The Labute approximate surface area is 444 Å². The van der Waals surface area contributed by atoms with E-state index in [0.717, 1.165) is 34.1 Å². The van der Waals surface area contributed by atoms with Gasteiger partial charge < -0.3 is 18.6 Å². The van der Waals surface area contributed by atoms with Crippen LogP contribution in [-0.4, -0.2) is 13.7 Å². The highest BCUT2D eigenvalue weighted by Crippen LogP contribution is 2.64. The Morgan fingerprint density at radius 1 is 0.221 bits per heavy atom. The fraction of sp³-hybridized carbons (Fsp3) is 0.0137. The molecule has 0 N–H and O–H groups in total. The van der Waals surface area contributed by atoms with Gasteiger partial charge in [0.15, 0.2) is 0 Å². The number of fused-ring (bicyclic) bond motifs is 19. The average Bonchev–Trinajstić information content (AvgIpc) is 4.44. The maximum absolute atomic E-state index is 2.54. The number of hydrogen-bond acceptors (Lipinski definition) is 1. The first-order valence-electron chi connectivity index (χ1n) is 26.7. The summed E-state index contributed by atoms with van der Waals surface area (Å²) in [5, 5.41) is 7.48. The van der Waals surface area contributed by atoms with Crippen LogP contribution in [0, 0.1) is 0 Å². The van der Waals surface area contributed by atoms with Crippen molar-refractivity contribution in [2.75, 3.05) is 4.90 Å². The van der Waals surface area contributed by atoms with Crippen molar-refractivity contribution in [2.24, 2.45) is 0 Å². The number of anilines is 3. The summed E-state index contributed by atoms with van der Waals surface area (Å²) < 4.78 is 7.46. The second-order valence-corrected chi connectivity index (χ2v) is 20.8. The molecule has 2 aliphatic carbocycles. The van der Waals surface area contributed by atoms with E-state index < -0.39 is 5.41 Å². The molecule has 1 spiro atoms. The van der Waals surface area contributed by atoms with Gasteiger partial charge in [-0.15, -0.1) is 0 Å². The summed E-state index contributed by atoms with van der Waals surface area (Å²) in [7, 11) is 0. The van der Waals surface area contributed by atoms with Crippen molar-refractivity contribution in [2.45, 2.75) is 5.41 Å². The monoisotopic (exact) mass is 978 g/mol. The van der Waals surface area contributed by atoms with E-state index in [1.807, 2.05) is 0 Å². The van der Waals surface area contributed by atoms with Gasteiger partial charge >= 0.3 is 0 Å². The highest BCUT2D eigenvalue weighted by Gasteiger charge is 2.53. The highest BCUT2D eigenvalue weighted by molar-refractivity contribution is 6.12. The fourth-order valence-corrected chi connectivity index (χ4v) is 13.9. The minimum absolute atomic E-state index is 0.775. The molecule has 4 nitrogen and oxygen atoms in total. The Morgan fingerprint density at radius 3 is 0.792 bits per heavy atom. The second kappa shape index (κ2) is 15.9. The van der Waals surface area contributed by atoms with Gasteiger partial charge in [0.1, 0.15) is 0 Å². The van der Waals surface area contributed by atoms with Crippen LogP contribution < -0.4 is 4.90 Å². The van der Waals surface area contributed by atoms with Crippen LogP contribution in [-0.2, 0) is 5.41 Å². The molecule has 0 saturated heterocycles. The van der Waals surface area contributed by atoms with Gasteiger partial charge in [0.25, 0.3) is 0 Å². The van der Waals surface area contributed by atoms with Gasteiger partial charge in [-0.3, -0.25) is 0 Å². The van der Waals surface area contributed by atoms with Crippen LogP contribution in [0.25, 0.3) is 105 Å². The molecule has 77 heavy (non-hydrogen) atoms. The zero-order valence-corrected chi connectivity index (χ0v) is 41.8. The normalized spacial score (nSPS) is 13.0. The minimum atomic E-state index is -0.775. The molecule has 15 aromatic rings. The van der Waals surface area contributed by atoms with E-state index in [4.69, 9.17) is 0 Å². The Kier molecular flexibility index (Phi) is 8.73. The first kappa shape index (κ1) is 42.2. The lowest BCUT2D eigenvalue weighted by Crippen LogP contribution is -2.27. The van der Waals surface area contributed by atoms with Gasteiger partial charge in [-0.25, -0.2) is 0 Å². The largest absolute Gasteiger partial charge is 0.310 e. The summed E-state index contributed by atoms with van der Waals surface area (Å²) >= 11 is 0. The van der Waals surface area contributed by atoms with Crippen molar-refractivity contribution in [3.05, 3.63) is 301 Å². The molecule has 3 heterocycles. The van der Waals surface area contributed by atoms with Gasteiger partial charge in [0, 0.05) is 66.4 Å². The second-order valence-electron chi connectivity index (χ2n) is 20.8. The van der Waals surface area contributed by atoms with Crippen molar-refractivity contribution >= 4 is 82.5 Å². The van der Waals surface area contributed by atoms with E-state index in [2.05, 4.69) is 298 Å². The smallest absolute Gasteiger partial charge is 0.0728 e. The zero-order chi connectivity index (χ0) is 50.3. The Bertz CT molecular complexity index is 4400. The van der Waals surface area contributed by atoms with Gasteiger partial charge in [-0.2, -0.15) is 0 Å². The molecule has 0 unspecified atom stereocenters. The maximum Gasteiger partial charge on any atom is 0.0728 e. The quantitative estimate of drug-likeness (QED) is 0.162. The van der Waals surface area contributed by atoms with E-state index in [9.17, 15) is 0 Å². The summed E-state index contributed by atoms with van der Waals surface area (Å²) in [6.45, 7) is 0. The molecule has 17 rings (SSSR count). The lowest BCUT2D eigenvalue weighted by atomic mass is 9.70. The van der Waals surface area contributed by atoms with E-state index >= 15 is 0 Å². The Morgan fingerprint density at radius 2 is 0.481 bits per heavy atom. The van der Waals surface area contributed by atoms with Crippen molar-refractivity contribution in [3.63, 3.8) is 0 Å². The fourth-order valence-electron chi connectivity index (χ4n) is 13.9. The molecular weight excluding hydrogens is 933 g/mol. The lowest BCUT2D eigenvalue weighted by molar-refractivity contribution is 0.790. The molecule has 0 atom stereocenters. The Hall–Kier alpha value is -10.2. The molecule has 2 aliphatic rings. The summed E-state index contributed by atoms with van der Waals surface area (Å²) in [5.74, 6) is 0. The number of aromatic nitrogens is 3. The molecule has 0 radical (unpaired) electrons. The van der Waals surface area contributed by atoms with E-state index in [1.165, 1.54) is 110 Å². The highest BCUT2D eigenvalue weighted by atomic mass is 15.1. The number of rotatable bonds is 6. The van der Waals surface area contributed by atoms with Crippen molar-refractivity contribution in [3.8, 4) is 39.3 Å². The van der Waals surface area contributed by atoms with Crippen molar-refractivity contribution in [1.29, 1.82) is 0 Å². The predicted molar refractivity (Wildman–Crippen MR) is 320 cm³/mol. The van der Waals surface area contributed by atoms with Crippen LogP contribution in [0.2, 0.25) is 0 Å². The molecule has 0 saturated carbocycles. The van der Waals surface area contributed by atoms with Crippen LogP contribution in [0.3, 0.4) is 0 Å². The summed E-state index contributed by atoms with van der Waals surface area (Å²) in [6, 6.07) is 104. The molecule has 0 aliphatic heterocycles. The maximum atomic E-state index is 2.54. The number of benzene rings is 12. The number of para-hydroxylation sites is 8. The molecule has 0 amide bonds. The van der Waals surface area contributed by atoms with Crippen LogP contribution in [0.1, 0.15) is 22.3 Å². The van der Waals surface area contributed by atoms with Crippen LogP contribution >= 0.6 is 0 Å². The third kappa shape index (κ3) is 5.76. The van der Waals surface area contributed by atoms with Crippen LogP contribution in [0.5, 0.6) is 0 Å². The first-order valence-corrected chi connectivity index (χ1v) is 26.7. The van der Waals surface area contributed by atoms with Crippen LogP contribution in [0.15, 0.2) is 279 Å². The molecule has 3 aromatic heterocycles. The van der Waals surface area contributed by atoms with Crippen molar-refractivity contribution in [1.82, 2.24) is 13.7 Å². The molecular formula is C73H46N4. The van der Waals surface area contributed by atoms with Gasteiger partial charge in [0.2, 0.25) is 0 Å². The summed E-state index contributed by atoms with van der Waals surface area (Å²) in [6.07, 6.45) is 0. The zero-order valence-electron chi connectivity index (χ0n) is 41.8.